The number of esters is 1. The number of carboxylic acid groups (broad SMARTS) is 1. The molecule has 2 atom stereocenters. The van der Waals surface area contributed by atoms with Crippen LogP contribution in [0.4, 0.5) is 4.79 Å². The summed E-state index contributed by atoms with van der Waals surface area (Å²) in [6, 6.07) is -0.192. The third-order valence-electron chi connectivity index (χ3n) is 4.71. The Morgan fingerprint density at radius 1 is 0.909 bits per heavy atom. The Kier molecular flexibility index (Phi) is 5.63. The first kappa shape index (κ1) is 16.6. The molecule has 0 spiro atoms. The van der Waals surface area contributed by atoms with E-state index in [0.717, 1.165) is 12.8 Å². The number of nitrogens with one attached hydrogen (secondary N) is 2. The number of carboxylic acids is 1. The topological polar surface area (TPSA) is 105 Å². The van der Waals surface area contributed by atoms with Gasteiger partial charge in [-0.05, 0) is 44.9 Å². The van der Waals surface area contributed by atoms with Crippen LogP contribution in [0.25, 0.3) is 0 Å². The standard InChI is InChI=1S/C15H24N2O5/c1-22-14(20)10-4-7-12(8-10)17-15(21)16-11-5-2-9(3-6-11)13(18)19/h9-12H,2-8H2,1H3,(H,18,19)(H2,16,17,21)/t9?,10-,11?,12+/m0/s1. The molecule has 7 nitrogen and oxygen atoms in total. The van der Waals surface area contributed by atoms with Crippen LogP contribution in [0, 0.1) is 11.8 Å². The monoisotopic (exact) mass is 312 g/mol. The summed E-state index contributed by atoms with van der Waals surface area (Å²) >= 11 is 0. The third-order valence-corrected chi connectivity index (χ3v) is 4.71. The lowest BCUT2D eigenvalue weighted by atomic mass is 9.86. The highest BCUT2D eigenvalue weighted by Gasteiger charge is 2.32. The zero-order valence-corrected chi connectivity index (χ0v) is 12.8. The van der Waals surface area contributed by atoms with Crippen LogP contribution in [0.2, 0.25) is 0 Å². The van der Waals surface area contributed by atoms with Gasteiger partial charge >= 0.3 is 18.0 Å². The van der Waals surface area contributed by atoms with Gasteiger partial charge in [-0.1, -0.05) is 0 Å². The predicted molar refractivity (Wildman–Crippen MR) is 78.2 cm³/mol. The number of ether oxygens (including phenoxy) is 1. The first-order chi connectivity index (χ1) is 10.5. The van der Waals surface area contributed by atoms with Crippen LogP contribution in [0.15, 0.2) is 0 Å². The molecule has 22 heavy (non-hydrogen) atoms. The van der Waals surface area contributed by atoms with Gasteiger partial charge in [-0.2, -0.15) is 0 Å². The second kappa shape index (κ2) is 7.47. The van der Waals surface area contributed by atoms with Crippen LogP contribution in [0.3, 0.4) is 0 Å². The van der Waals surface area contributed by atoms with Gasteiger partial charge in [-0.3, -0.25) is 9.59 Å². The summed E-state index contributed by atoms with van der Waals surface area (Å²) in [5.74, 6) is -1.36. The van der Waals surface area contributed by atoms with E-state index in [9.17, 15) is 14.4 Å². The number of carbonyl (C=O) groups excluding carboxylic acids is 2. The van der Waals surface area contributed by atoms with E-state index < -0.39 is 5.97 Å². The Morgan fingerprint density at radius 3 is 2.05 bits per heavy atom. The summed E-state index contributed by atoms with van der Waals surface area (Å²) in [5, 5.41) is 14.7. The van der Waals surface area contributed by atoms with Crippen molar-refractivity contribution in [2.24, 2.45) is 11.8 Å². The van der Waals surface area contributed by atoms with Gasteiger partial charge in [0, 0.05) is 12.1 Å². The molecule has 0 aromatic carbocycles. The Labute approximate surface area is 129 Å². The Bertz CT molecular complexity index is 432. The maximum atomic E-state index is 12.0. The minimum absolute atomic E-state index is 0.000501. The van der Waals surface area contributed by atoms with E-state index in [0.29, 0.717) is 32.1 Å². The molecule has 3 N–H and O–H groups in total. The number of urea groups is 1. The molecule has 0 unspecified atom stereocenters. The van der Waals surface area contributed by atoms with Gasteiger partial charge in [0.05, 0.1) is 18.9 Å². The summed E-state index contributed by atoms with van der Waals surface area (Å²) in [7, 11) is 1.38. The number of aliphatic carboxylic acids is 1. The fraction of sp³-hybridized carbons (Fsp3) is 0.800. The zero-order chi connectivity index (χ0) is 16.1. The highest BCUT2D eigenvalue weighted by Crippen LogP contribution is 2.27. The van der Waals surface area contributed by atoms with Crippen molar-refractivity contribution in [2.75, 3.05) is 7.11 Å². The fourth-order valence-electron chi connectivity index (χ4n) is 3.39. The van der Waals surface area contributed by atoms with Crippen molar-refractivity contribution >= 4 is 18.0 Å². The van der Waals surface area contributed by atoms with Gasteiger partial charge in [0.15, 0.2) is 0 Å². The molecular formula is C15H24N2O5. The van der Waals surface area contributed by atoms with E-state index in [1.807, 2.05) is 0 Å². The van der Waals surface area contributed by atoms with Crippen LogP contribution in [-0.2, 0) is 14.3 Å². The number of hydrogen-bond acceptors (Lipinski definition) is 4. The summed E-state index contributed by atoms with van der Waals surface area (Å²) in [5.41, 5.74) is 0. The maximum absolute atomic E-state index is 12.0. The lowest BCUT2D eigenvalue weighted by Gasteiger charge is -2.27. The predicted octanol–water partition coefficient (Wildman–Crippen LogP) is 1.27. The normalized spacial score (nSPS) is 31.3. The van der Waals surface area contributed by atoms with E-state index in [4.69, 9.17) is 9.84 Å². The molecule has 2 rings (SSSR count). The lowest BCUT2D eigenvalue weighted by molar-refractivity contribution is -0.145. The molecule has 2 fully saturated rings. The molecule has 7 heteroatoms. The van der Waals surface area contributed by atoms with E-state index in [-0.39, 0.29) is 35.9 Å². The number of methoxy groups -OCH3 is 1. The highest BCUT2D eigenvalue weighted by molar-refractivity contribution is 5.76. The molecular weight excluding hydrogens is 288 g/mol. The molecule has 2 saturated carbocycles. The van der Waals surface area contributed by atoms with Crippen molar-refractivity contribution in [3.05, 3.63) is 0 Å². The number of amides is 2. The molecule has 0 bridgehead atoms. The molecule has 0 aromatic heterocycles. The van der Waals surface area contributed by atoms with Crippen molar-refractivity contribution in [2.45, 2.75) is 57.0 Å². The molecule has 0 heterocycles. The molecule has 2 amide bonds. The Balaban J connectivity index is 1.69. The Hall–Kier alpha value is -1.79. The van der Waals surface area contributed by atoms with Crippen molar-refractivity contribution in [1.82, 2.24) is 10.6 Å². The largest absolute Gasteiger partial charge is 0.481 e. The lowest BCUT2D eigenvalue weighted by Crippen LogP contribution is -2.47. The van der Waals surface area contributed by atoms with Gasteiger partial charge in [0.25, 0.3) is 0 Å². The van der Waals surface area contributed by atoms with Crippen LogP contribution in [-0.4, -0.2) is 42.3 Å². The summed E-state index contributed by atoms with van der Waals surface area (Å²) in [6.07, 6.45) is 4.73. The van der Waals surface area contributed by atoms with E-state index in [1.54, 1.807) is 0 Å². The zero-order valence-electron chi connectivity index (χ0n) is 12.8. The summed E-state index contributed by atoms with van der Waals surface area (Å²) in [6.45, 7) is 0. The SMILES string of the molecule is COC(=O)[C@H]1CC[C@@H](NC(=O)NC2CCC(C(=O)O)CC2)C1. The molecule has 2 aliphatic carbocycles. The van der Waals surface area contributed by atoms with Gasteiger partial charge in [-0.15, -0.1) is 0 Å². The van der Waals surface area contributed by atoms with Crippen molar-refractivity contribution in [3.63, 3.8) is 0 Å². The minimum Gasteiger partial charge on any atom is -0.481 e. The third kappa shape index (κ3) is 4.35. The van der Waals surface area contributed by atoms with Gasteiger partial charge < -0.3 is 20.5 Å². The molecule has 2 aliphatic rings. The number of rotatable bonds is 4. The molecule has 0 radical (unpaired) electrons. The maximum Gasteiger partial charge on any atom is 0.315 e. The van der Waals surface area contributed by atoms with Crippen molar-refractivity contribution in [1.29, 1.82) is 0 Å². The summed E-state index contributed by atoms with van der Waals surface area (Å²) < 4.78 is 4.72. The average Bonchev–Trinajstić information content (AvgIpc) is 2.95. The first-order valence-electron chi connectivity index (χ1n) is 7.87. The van der Waals surface area contributed by atoms with E-state index in [1.165, 1.54) is 7.11 Å². The fourth-order valence-corrected chi connectivity index (χ4v) is 3.39. The quantitative estimate of drug-likeness (QED) is 0.678. The van der Waals surface area contributed by atoms with Crippen molar-refractivity contribution in [3.8, 4) is 0 Å². The van der Waals surface area contributed by atoms with E-state index in [2.05, 4.69) is 10.6 Å². The van der Waals surface area contributed by atoms with Gasteiger partial charge in [0.1, 0.15) is 0 Å². The summed E-state index contributed by atoms with van der Waals surface area (Å²) in [4.78, 5) is 34.3. The number of hydrogen-bond donors (Lipinski definition) is 3. The van der Waals surface area contributed by atoms with Gasteiger partial charge in [0.2, 0.25) is 0 Å². The second-order valence-corrected chi connectivity index (χ2v) is 6.23. The smallest absolute Gasteiger partial charge is 0.315 e. The van der Waals surface area contributed by atoms with Gasteiger partial charge in [-0.25, -0.2) is 4.79 Å². The Morgan fingerprint density at radius 2 is 1.45 bits per heavy atom. The average molecular weight is 312 g/mol. The molecule has 0 aliphatic heterocycles. The van der Waals surface area contributed by atoms with Crippen molar-refractivity contribution < 1.29 is 24.2 Å². The first-order valence-corrected chi connectivity index (χ1v) is 7.87. The number of carbonyl (C=O) groups is 3. The molecule has 124 valence electrons. The van der Waals surface area contributed by atoms with Crippen LogP contribution in [0.1, 0.15) is 44.9 Å². The second-order valence-electron chi connectivity index (χ2n) is 6.23. The minimum atomic E-state index is -0.747. The van der Waals surface area contributed by atoms with E-state index >= 15 is 0 Å². The highest BCUT2D eigenvalue weighted by atomic mass is 16.5. The van der Waals surface area contributed by atoms with Crippen LogP contribution < -0.4 is 10.6 Å². The molecule has 0 saturated heterocycles. The van der Waals surface area contributed by atoms with Crippen LogP contribution in [0.5, 0.6) is 0 Å². The van der Waals surface area contributed by atoms with Crippen LogP contribution >= 0.6 is 0 Å². The molecule has 0 aromatic rings.